The minimum atomic E-state index is -4.35. The van der Waals surface area contributed by atoms with Crippen molar-refractivity contribution in [2.24, 2.45) is 4.99 Å². The van der Waals surface area contributed by atoms with Crippen LogP contribution in [0.15, 0.2) is 29.3 Å². The zero-order valence-corrected chi connectivity index (χ0v) is 19.1. The molecular weight excluding hydrogens is 482 g/mol. The normalized spacial score (nSPS) is 18.1. The summed E-state index contributed by atoms with van der Waals surface area (Å²) in [6.45, 7) is 8.35. The Morgan fingerprint density at radius 1 is 1.25 bits per heavy atom. The third-order valence-electron chi connectivity index (χ3n) is 5.13. The number of hydrogen-bond acceptors (Lipinski definition) is 2. The van der Waals surface area contributed by atoms with Gasteiger partial charge in [-0.05, 0) is 44.7 Å². The molecule has 0 spiro atoms. The predicted molar refractivity (Wildman–Crippen MR) is 117 cm³/mol. The maximum atomic E-state index is 13.2. The summed E-state index contributed by atoms with van der Waals surface area (Å²) in [6, 6.07) is 5.93. The summed E-state index contributed by atoms with van der Waals surface area (Å²) >= 11 is 0. The number of halogens is 4. The Morgan fingerprint density at radius 3 is 2.50 bits per heavy atom. The number of hydrogen-bond donors (Lipinski definition) is 2. The fourth-order valence-corrected chi connectivity index (χ4v) is 3.21. The van der Waals surface area contributed by atoms with Crippen molar-refractivity contribution in [1.82, 2.24) is 10.6 Å². The van der Waals surface area contributed by atoms with Gasteiger partial charge in [0.1, 0.15) is 0 Å². The second kappa shape index (κ2) is 11.2. The van der Waals surface area contributed by atoms with Crippen molar-refractivity contribution in [2.45, 2.75) is 57.7 Å². The van der Waals surface area contributed by atoms with E-state index < -0.39 is 17.2 Å². The lowest BCUT2D eigenvalue weighted by atomic mass is 9.74. The molecular formula is C20H31F3IN3O. The first-order valence-corrected chi connectivity index (χ1v) is 9.61. The molecule has 1 fully saturated rings. The molecule has 2 N–H and O–H groups in total. The number of guanidine groups is 1. The number of rotatable bonds is 6. The van der Waals surface area contributed by atoms with Gasteiger partial charge in [0.25, 0.3) is 0 Å². The van der Waals surface area contributed by atoms with Gasteiger partial charge in [0.2, 0.25) is 0 Å². The number of nitrogens with zero attached hydrogens (tertiary/aromatic N) is 1. The van der Waals surface area contributed by atoms with Crippen LogP contribution < -0.4 is 10.6 Å². The van der Waals surface area contributed by atoms with E-state index in [4.69, 9.17) is 9.73 Å². The molecule has 1 heterocycles. The zero-order valence-electron chi connectivity index (χ0n) is 16.7. The van der Waals surface area contributed by atoms with E-state index in [0.29, 0.717) is 44.1 Å². The average molecular weight is 513 g/mol. The lowest BCUT2D eigenvalue weighted by molar-refractivity contribution is -0.137. The van der Waals surface area contributed by atoms with Crippen molar-refractivity contribution >= 4 is 29.9 Å². The summed E-state index contributed by atoms with van der Waals surface area (Å²) in [5, 5.41) is 6.56. The van der Waals surface area contributed by atoms with E-state index in [1.165, 1.54) is 12.1 Å². The molecule has 0 bridgehead atoms. The summed E-state index contributed by atoms with van der Waals surface area (Å²) < 4.78 is 45.0. The van der Waals surface area contributed by atoms with Gasteiger partial charge in [-0.15, -0.1) is 24.0 Å². The largest absolute Gasteiger partial charge is 0.416 e. The van der Waals surface area contributed by atoms with Crippen LogP contribution in [0.25, 0.3) is 0 Å². The van der Waals surface area contributed by atoms with Crippen molar-refractivity contribution in [3.8, 4) is 0 Å². The molecule has 160 valence electrons. The summed E-state index contributed by atoms with van der Waals surface area (Å²) in [7, 11) is 0. The number of nitrogens with one attached hydrogen (secondary N) is 2. The topological polar surface area (TPSA) is 45.7 Å². The molecule has 0 radical (unpaired) electrons. The molecule has 1 aliphatic rings. The van der Waals surface area contributed by atoms with Crippen molar-refractivity contribution in [2.75, 3.05) is 26.3 Å². The highest BCUT2D eigenvalue weighted by Crippen LogP contribution is 2.38. The quantitative estimate of drug-likeness (QED) is 0.329. The highest BCUT2D eigenvalue weighted by molar-refractivity contribution is 14.0. The predicted octanol–water partition coefficient (Wildman–Crippen LogP) is 4.73. The first-order chi connectivity index (χ1) is 12.8. The van der Waals surface area contributed by atoms with Gasteiger partial charge in [-0.1, -0.05) is 25.1 Å². The summed E-state index contributed by atoms with van der Waals surface area (Å²) in [4.78, 5) is 4.72. The highest BCUT2D eigenvalue weighted by Gasteiger charge is 2.37. The molecule has 2 rings (SSSR count). The first-order valence-electron chi connectivity index (χ1n) is 9.61. The van der Waals surface area contributed by atoms with Gasteiger partial charge in [-0.25, -0.2) is 0 Å². The molecule has 1 aromatic rings. The Balaban J connectivity index is 0.00000392. The minimum absolute atomic E-state index is 0. The van der Waals surface area contributed by atoms with Crippen molar-refractivity contribution in [3.63, 3.8) is 0 Å². The second-order valence-corrected chi connectivity index (χ2v) is 7.12. The third-order valence-corrected chi connectivity index (χ3v) is 5.13. The van der Waals surface area contributed by atoms with Crippen LogP contribution in [0.3, 0.4) is 0 Å². The van der Waals surface area contributed by atoms with E-state index >= 15 is 0 Å². The SMILES string of the molecule is CCNC(=NCC1(c2cccc(C(F)(F)F)c2)CCOCC1)NC(C)CC.I. The van der Waals surface area contributed by atoms with Crippen LogP contribution in [0.4, 0.5) is 13.2 Å². The maximum absolute atomic E-state index is 13.2. The van der Waals surface area contributed by atoms with Crippen molar-refractivity contribution < 1.29 is 17.9 Å². The Kier molecular flexibility index (Phi) is 10.0. The lowest BCUT2D eigenvalue weighted by Gasteiger charge is -2.37. The smallest absolute Gasteiger partial charge is 0.381 e. The number of benzene rings is 1. The molecule has 1 aliphatic heterocycles. The van der Waals surface area contributed by atoms with E-state index in [-0.39, 0.29) is 30.0 Å². The number of aliphatic imine (C=N–C) groups is 1. The molecule has 8 heteroatoms. The van der Waals surface area contributed by atoms with Crippen LogP contribution >= 0.6 is 24.0 Å². The molecule has 1 saturated heterocycles. The molecule has 1 atom stereocenters. The van der Waals surface area contributed by atoms with E-state index in [1.54, 1.807) is 6.07 Å². The molecule has 1 unspecified atom stereocenters. The molecule has 1 aromatic carbocycles. The van der Waals surface area contributed by atoms with Gasteiger partial charge in [-0.3, -0.25) is 4.99 Å². The van der Waals surface area contributed by atoms with E-state index in [0.717, 1.165) is 19.0 Å². The summed E-state index contributed by atoms with van der Waals surface area (Å²) in [5.41, 5.74) is -0.375. The Hall–Kier alpha value is -1.03. The van der Waals surface area contributed by atoms with Gasteiger partial charge in [0, 0.05) is 31.2 Å². The standard InChI is InChI=1S/C20H30F3N3O.HI/c1-4-15(3)26-18(24-5-2)25-14-19(9-11-27-12-10-19)16-7-6-8-17(13-16)20(21,22)23;/h6-8,13,15H,4-5,9-12,14H2,1-3H3,(H2,24,25,26);1H. The van der Waals surface area contributed by atoms with Gasteiger partial charge in [-0.2, -0.15) is 13.2 Å². The number of ether oxygens (including phenoxy) is 1. The molecule has 0 aromatic heterocycles. The first kappa shape index (κ1) is 25.0. The molecule has 4 nitrogen and oxygen atoms in total. The average Bonchev–Trinajstić information content (AvgIpc) is 2.66. The molecule has 0 amide bonds. The van der Waals surface area contributed by atoms with Crippen LogP contribution in [-0.2, 0) is 16.3 Å². The van der Waals surface area contributed by atoms with Crippen LogP contribution in [-0.4, -0.2) is 38.3 Å². The molecule has 0 saturated carbocycles. The minimum Gasteiger partial charge on any atom is -0.381 e. The maximum Gasteiger partial charge on any atom is 0.416 e. The van der Waals surface area contributed by atoms with Crippen LogP contribution in [0.5, 0.6) is 0 Å². The lowest BCUT2D eigenvalue weighted by Crippen LogP contribution is -2.44. The Labute approximate surface area is 182 Å². The van der Waals surface area contributed by atoms with Crippen molar-refractivity contribution in [3.05, 3.63) is 35.4 Å². The van der Waals surface area contributed by atoms with Crippen LogP contribution in [0, 0.1) is 0 Å². The van der Waals surface area contributed by atoms with Gasteiger partial charge < -0.3 is 15.4 Å². The van der Waals surface area contributed by atoms with Crippen LogP contribution in [0.2, 0.25) is 0 Å². The van der Waals surface area contributed by atoms with Gasteiger partial charge >= 0.3 is 6.18 Å². The van der Waals surface area contributed by atoms with Gasteiger partial charge in [0.15, 0.2) is 5.96 Å². The van der Waals surface area contributed by atoms with E-state index in [2.05, 4.69) is 24.5 Å². The second-order valence-electron chi connectivity index (χ2n) is 7.12. The van der Waals surface area contributed by atoms with Crippen LogP contribution in [0.1, 0.15) is 51.2 Å². The Morgan fingerprint density at radius 2 is 1.93 bits per heavy atom. The fourth-order valence-electron chi connectivity index (χ4n) is 3.21. The van der Waals surface area contributed by atoms with E-state index in [1.807, 2.05) is 6.92 Å². The third kappa shape index (κ3) is 6.79. The fraction of sp³-hybridized carbons (Fsp3) is 0.650. The van der Waals surface area contributed by atoms with Gasteiger partial charge in [0.05, 0.1) is 12.1 Å². The summed E-state index contributed by atoms with van der Waals surface area (Å²) in [5.74, 6) is 0.699. The Bertz CT molecular complexity index is 631. The van der Waals surface area contributed by atoms with Crippen molar-refractivity contribution in [1.29, 1.82) is 0 Å². The highest BCUT2D eigenvalue weighted by atomic mass is 127. The monoisotopic (exact) mass is 513 g/mol. The number of alkyl halides is 3. The van der Waals surface area contributed by atoms with E-state index in [9.17, 15) is 13.2 Å². The zero-order chi connectivity index (χ0) is 19.9. The molecule has 0 aliphatic carbocycles. The summed E-state index contributed by atoms with van der Waals surface area (Å²) in [6.07, 6.45) is -2.09. The molecule has 28 heavy (non-hydrogen) atoms.